The molecule has 31 heavy (non-hydrogen) atoms. The van der Waals surface area contributed by atoms with Crippen LogP contribution in [0.2, 0.25) is 0 Å². The number of aryl methyl sites for hydroxylation is 2. The molecular formula is C24H23N3O3S. The molecule has 3 rings (SSSR count). The van der Waals surface area contributed by atoms with Crippen LogP contribution in [-0.4, -0.2) is 31.4 Å². The van der Waals surface area contributed by atoms with E-state index < -0.39 is 0 Å². The number of nitrogens with one attached hydrogen (secondary N) is 1. The van der Waals surface area contributed by atoms with Gasteiger partial charge in [0.25, 0.3) is 5.91 Å². The fraction of sp³-hybridized carbons (Fsp3) is 0.208. The van der Waals surface area contributed by atoms with Crippen LogP contribution in [0.25, 0.3) is 11.1 Å². The number of amides is 1. The van der Waals surface area contributed by atoms with Gasteiger partial charge < -0.3 is 14.8 Å². The Morgan fingerprint density at radius 1 is 1.10 bits per heavy atom. The Morgan fingerprint density at radius 3 is 2.42 bits per heavy atom. The summed E-state index contributed by atoms with van der Waals surface area (Å²) in [7, 11) is 3.10. The van der Waals surface area contributed by atoms with Gasteiger partial charge in [-0.15, -0.1) is 11.8 Å². The van der Waals surface area contributed by atoms with E-state index in [9.17, 15) is 10.1 Å². The molecule has 0 aliphatic heterocycles. The minimum Gasteiger partial charge on any atom is -0.493 e. The molecular weight excluding hydrogens is 410 g/mol. The monoisotopic (exact) mass is 433 g/mol. The van der Waals surface area contributed by atoms with E-state index in [0.29, 0.717) is 50.2 Å². The van der Waals surface area contributed by atoms with Crippen molar-refractivity contribution in [2.75, 3.05) is 25.8 Å². The average Bonchev–Trinajstić information content (AvgIpc) is 2.79. The molecule has 3 aromatic rings. The molecule has 0 aliphatic rings. The standard InChI is InChI=1S/C24H23N3O3S/c1-14-8-6-7-9-18(14)27-23(28)21-15(2)26-24(31-5)17(13-25)22(21)16-10-11-19(29-3)20(12-16)30-4/h6-12H,1-5H3,(H,27,28). The summed E-state index contributed by atoms with van der Waals surface area (Å²) in [5.74, 6) is 0.745. The van der Waals surface area contributed by atoms with Crippen LogP contribution in [0.15, 0.2) is 47.5 Å². The molecule has 0 bridgehead atoms. The summed E-state index contributed by atoms with van der Waals surface area (Å²) in [6.45, 7) is 3.70. The van der Waals surface area contributed by atoms with Crippen molar-refractivity contribution >= 4 is 23.4 Å². The van der Waals surface area contributed by atoms with Gasteiger partial charge in [-0.05, 0) is 49.4 Å². The number of para-hydroxylation sites is 1. The molecule has 0 radical (unpaired) electrons. The number of thioether (sulfide) groups is 1. The Morgan fingerprint density at radius 2 is 1.81 bits per heavy atom. The number of nitriles is 1. The molecule has 1 N–H and O–H groups in total. The Hall–Kier alpha value is -3.50. The van der Waals surface area contributed by atoms with Gasteiger partial charge in [-0.1, -0.05) is 24.3 Å². The normalized spacial score (nSPS) is 10.3. The maximum absolute atomic E-state index is 13.4. The average molecular weight is 434 g/mol. The van der Waals surface area contributed by atoms with Crippen molar-refractivity contribution in [2.24, 2.45) is 0 Å². The van der Waals surface area contributed by atoms with E-state index in [2.05, 4.69) is 16.4 Å². The Kier molecular flexibility index (Phi) is 6.83. The topological polar surface area (TPSA) is 84.2 Å². The number of aromatic nitrogens is 1. The largest absolute Gasteiger partial charge is 0.493 e. The maximum Gasteiger partial charge on any atom is 0.258 e. The summed E-state index contributed by atoms with van der Waals surface area (Å²) >= 11 is 1.37. The Balaban J connectivity index is 2.26. The molecule has 6 nitrogen and oxygen atoms in total. The van der Waals surface area contributed by atoms with Gasteiger partial charge in [0.1, 0.15) is 11.1 Å². The summed E-state index contributed by atoms with van der Waals surface area (Å²) in [5, 5.41) is 13.5. The zero-order valence-electron chi connectivity index (χ0n) is 18.1. The number of pyridine rings is 1. The maximum atomic E-state index is 13.4. The van der Waals surface area contributed by atoms with Crippen LogP contribution in [-0.2, 0) is 0 Å². The molecule has 158 valence electrons. The predicted molar refractivity (Wildman–Crippen MR) is 123 cm³/mol. The fourth-order valence-corrected chi connectivity index (χ4v) is 3.96. The highest BCUT2D eigenvalue weighted by atomic mass is 32.2. The first kappa shape index (κ1) is 22.2. The lowest BCUT2D eigenvalue weighted by Gasteiger charge is -2.18. The minimum absolute atomic E-state index is 0.326. The number of benzene rings is 2. The van der Waals surface area contributed by atoms with Crippen molar-refractivity contribution < 1.29 is 14.3 Å². The molecule has 7 heteroatoms. The summed E-state index contributed by atoms with van der Waals surface area (Å²) in [4.78, 5) is 17.9. The molecule has 0 saturated carbocycles. The molecule has 0 saturated heterocycles. The zero-order valence-corrected chi connectivity index (χ0v) is 18.9. The highest BCUT2D eigenvalue weighted by Gasteiger charge is 2.25. The van der Waals surface area contributed by atoms with Crippen molar-refractivity contribution in [1.29, 1.82) is 5.26 Å². The highest BCUT2D eigenvalue weighted by molar-refractivity contribution is 7.98. The molecule has 0 aliphatic carbocycles. The minimum atomic E-state index is -0.326. The van der Waals surface area contributed by atoms with Crippen LogP contribution < -0.4 is 14.8 Å². The number of methoxy groups -OCH3 is 2. The van der Waals surface area contributed by atoms with Crippen LogP contribution >= 0.6 is 11.8 Å². The third-order valence-electron chi connectivity index (χ3n) is 4.94. The van der Waals surface area contributed by atoms with E-state index >= 15 is 0 Å². The number of anilines is 1. The van der Waals surface area contributed by atoms with Gasteiger partial charge in [-0.2, -0.15) is 5.26 Å². The summed E-state index contributed by atoms with van der Waals surface area (Å²) < 4.78 is 10.8. The predicted octanol–water partition coefficient (Wildman–Crippen LogP) is 5.23. The molecule has 0 spiro atoms. The lowest BCUT2D eigenvalue weighted by atomic mass is 9.94. The second-order valence-electron chi connectivity index (χ2n) is 6.78. The van der Waals surface area contributed by atoms with E-state index in [4.69, 9.17) is 9.47 Å². The van der Waals surface area contributed by atoms with Crippen molar-refractivity contribution in [3.63, 3.8) is 0 Å². The van der Waals surface area contributed by atoms with Gasteiger partial charge in [0.2, 0.25) is 0 Å². The third-order valence-corrected chi connectivity index (χ3v) is 5.62. The van der Waals surface area contributed by atoms with Crippen molar-refractivity contribution in [1.82, 2.24) is 4.98 Å². The van der Waals surface area contributed by atoms with Crippen LogP contribution in [0.4, 0.5) is 5.69 Å². The van der Waals surface area contributed by atoms with Crippen LogP contribution in [0.1, 0.15) is 27.2 Å². The summed E-state index contributed by atoms with van der Waals surface area (Å²) in [6.07, 6.45) is 1.86. The number of carbonyl (C=O) groups is 1. The number of hydrogen-bond acceptors (Lipinski definition) is 6. The third kappa shape index (κ3) is 4.35. The van der Waals surface area contributed by atoms with Gasteiger partial charge in [0, 0.05) is 11.3 Å². The number of nitrogens with zero attached hydrogens (tertiary/aromatic N) is 2. The number of carbonyl (C=O) groups excluding carboxylic acids is 1. The van der Waals surface area contributed by atoms with E-state index in [1.807, 2.05) is 43.5 Å². The van der Waals surface area contributed by atoms with Crippen LogP contribution in [0.5, 0.6) is 11.5 Å². The van der Waals surface area contributed by atoms with Crippen molar-refractivity contribution in [3.05, 3.63) is 64.8 Å². The first-order chi connectivity index (χ1) is 14.9. The molecule has 0 unspecified atom stereocenters. The van der Waals surface area contributed by atoms with Crippen LogP contribution in [0.3, 0.4) is 0 Å². The Bertz CT molecular complexity index is 1190. The van der Waals surface area contributed by atoms with Gasteiger partial charge >= 0.3 is 0 Å². The van der Waals surface area contributed by atoms with Crippen molar-refractivity contribution in [2.45, 2.75) is 18.9 Å². The van der Waals surface area contributed by atoms with E-state index in [0.717, 1.165) is 5.56 Å². The van der Waals surface area contributed by atoms with Crippen LogP contribution in [0, 0.1) is 25.2 Å². The van der Waals surface area contributed by atoms with Gasteiger partial charge in [0.05, 0.1) is 31.0 Å². The number of hydrogen-bond donors (Lipinski definition) is 1. The highest BCUT2D eigenvalue weighted by Crippen LogP contribution is 2.38. The lowest BCUT2D eigenvalue weighted by molar-refractivity contribution is 0.102. The van der Waals surface area contributed by atoms with E-state index in [1.165, 1.54) is 11.8 Å². The molecule has 1 heterocycles. The lowest BCUT2D eigenvalue weighted by Crippen LogP contribution is -2.17. The van der Waals surface area contributed by atoms with Gasteiger partial charge in [0.15, 0.2) is 11.5 Å². The quantitative estimate of drug-likeness (QED) is 0.536. The molecule has 2 aromatic carbocycles. The van der Waals surface area contributed by atoms with E-state index in [1.54, 1.807) is 33.3 Å². The number of ether oxygens (including phenoxy) is 2. The number of rotatable bonds is 6. The smallest absolute Gasteiger partial charge is 0.258 e. The molecule has 1 amide bonds. The van der Waals surface area contributed by atoms with Crippen molar-refractivity contribution in [3.8, 4) is 28.7 Å². The summed E-state index contributed by atoms with van der Waals surface area (Å²) in [5.41, 5.74) is 4.08. The second-order valence-corrected chi connectivity index (χ2v) is 7.58. The van der Waals surface area contributed by atoms with Gasteiger partial charge in [-0.3, -0.25) is 4.79 Å². The molecule has 0 atom stereocenters. The SMILES string of the molecule is COc1ccc(-c2c(C#N)c(SC)nc(C)c2C(=O)Nc2ccccc2C)cc1OC. The Labute approximate surface area is 186 Å². The zero-order chi connectivity index (χ0) is 22.5. The van der Waals surface area contributed by atoms with E-state index in [-0.39, 0.29) is 5.91 Å². The second kappa shape index (κ2) is 9.54. The first-order valence-corrected chi connectivity index (χ1v) is 10.8. The van der Waals surface area contributed by atoms with Gasteiger partial charge in [-0.25, -0.2) is 4.98 Å². The molecule has 1 aromatic heterocycles. The fourth-order valence-electron chi connectivity index (χ4n) is 3.38. The summed E-state index contributed by atoms with van der Waals surface area (Å²) in [6, 6.07) is 15.1. The first-order valence-electron chi connectivity index (χ1n) is 9.53. The molecule has 0 fully saturated rings.